The summed E-state index contributed by atoms with van der Waals surface area (Å²) in [6.07, 6.45) is 1.86. The van der Waals surface area contributed by atoms with Crippen molar-refractivity contribution < 1.29 is 18.7 Å². The lowest BCUT2D eigenvalue weighted by atomic mass is 9.93. The number of halogens is 1. The summed E-state index contributed by atoms with van der Waals surface area (Å²) >= 11 is 1.28. The number of carbonyl (C=O) groups is 1. The van der Waals surface area contributed by atoms with Gasteiger partial charge in [0.05, 0.1) is 30.0 Å². The number of methoxy groups -OCH3 is 2. The fourth-order valence-corrected chi connectivity index (χ4v) is 6.72. The molecule has 2 aromatic heterocycles. The molecule has 4 aromatic rings. The van der Waals surface area contributed by atoms with Crippen molar-refractivity contribution in [3.63, 3.8) is 0 Å². The molecule has 1 aliphatic heterocycles. The quantitative estimate of drug-likeness (QED) is 0.294. The number of hydrogen-bond donors (Lipinski definition) is 0. The lowest BCUT2D eigenvalue weighted by molar-refractivity contribution is -0.127. The lowest BCUT2D eigenvalue weighted by Gasteiger charge is -2.30. The first-order chi connectivity index (χ1) is 20.6. The topological polar surface area (TPSA) is 78.1 Å². The molecule has 0 bridgehead atoms. The van der Waals surface area contributed by atoms with Crippen LogP contribution in [0, 0.1) is 19.7 Å². The van der Waals surface area contributed by atoms with Crippen LogP contribution in [0.15, 0.2) is 69.6 Å². The maximum Gasteiger partial charge on any atom is 0.271 e. The van der Waals surface area contributed by atoms with Gasteiger partial charge in [-0.1, -0.05) is 11.3 Å². The molecule has 1 amide bonds. The second-order valence-corrected chi connectivity index (χ2v) is 11.3. The summed E-state index contributed by atoms with van der Waals surface area (Å²) in [5.41, 5.74) is 4.89. The Hall–Kier alpha value is -4.44. The number of thiazole rings is 1. The van der Waals surface area contributed by atoms with E-state index in [1.54, 1.807) is 48.0 Å². The van der Waals surface area contributed by atoms with Gasteiger partial charge in [0.2, 0.25) is 0 Å². The van der Waals surface area contributed by atoms with Gasteiger partial charge in [0.25, 0.3) is 11.5 Å². The molecule has 224 valence electrons. The minimum absolute atomic E-state index is 0.182. The molecule has 43 heavy (non-hydrogen) atoms. The number of rotatable bonds is 8. The van der Waals surface area contributed by atoms with E-state index in [-0.39, 0.29) is 17.3 Å². The third-order valence-electron chi connectivity index (χ3n) is 7.88. The Kier molecular flexibility index (Phi) is 8.41. The maximum absolute atomic E-state index is 14.3. The Bertz CT molecular complexity index is 1910. The van der Waals surface area contributed by atoms with E-state index in [2.05, 4.69) is 0 Å². The highest BCUT2D eigenvalue weighted by Gasteiger charge is 2.36. The van der Waals surface area contributed by atoms with Crippen molar-refractivity contribution in [3.05, 3.63) is 108 Å². The molecule has 5 rings (SSSR count). The summed E-state index contributed by atoms with van der Waals surface area (Å²) in [6, 6.07) is 12.9. The van der Waals surface area contributed by atoms with E-state index in [1.807, 2.05) is 57.4 Å². The average Bonchev–Trinajstić information content (AvgIpc) is 3.46. The molecular weight excluding hydrogens is 567 g/mol. The zero-order valence-electron chi connectivity index (χ0n) is 25.4. The van der Waals surface area contributed by atoms with Crippen molar-refractivity contribution in [2.24, 2.45) is 4.99 Å². The molecule has 0 radical (unpaired) electrons. The molecule has 8 nitrogen and oxygen atoms in total. The second kappa shape index (κ2) is 12.0. The van der Waals surface area contributed by atoms with Gasteiger partial charge in [-0.3, -0.25) is 14.2 Å². The van der Waals surface area contributed by atoms with Crippen molar-refractivity contribution in [1.29, 1.82) is 0 Å². The van der Waals surface area contributed by atoms with Crippen molar-refractivity contribution in [2.45, 2.75) is 40.7 Å². The number of allylic oxidation sites excluding steroid dienone is 1. The molecule has 0 N–H and O–H groups in total. The molecule has 0 saturated heterocycles. The first kappa shape index (κ1) is 30.0. The summed E-state index contributed by atoms with van der Waals surface area (Å²) in [7, 11) is 3.14. The Balaban J connectivity index is 1.74. The Morgan fingerprint density at radius 2 is 1.74 bits per heavy atom. The minimum Gasteiger partial charge on any atom is -0.497 e. The molecule has 0 spiro atoms. The predicted octanol–water partition coefficient (Wildman–Crippen LogP) is 4.67. The van der Waals surface area contributed by atoms with Gasteiger partial charge in [-0.2, -0.15) is 0 Å². The van der Waals surface area contributed by atoms with Gasteiger partial charge in [-0.25, -0.2) is 9.38 Å². The van der Waals surface area contributed by atoms with Gasteiger partial charge in [0, 0.05) is 35.7 Å². The zero-order valence-corrected chi connectivity index (χ0v) is 26.2. The number of amides is 1. The highest BCUT2D eigenvalue weighted by molar-refractivity contribution is 7.07. The SMILES string of the molecule is CCN(CC)C(=O)C1=C(C)N=c2s/c(=C/c3cc(C)n(-c4ccc(F)cc4)c3C)c(=O)n2[C@@H]1c1cc(OC)ccc1OC. The van der Waals surface area contributed by atoms with Gasteiger partial charge in [-0.15, -0.1) is 0 Å². The van der Waals surface area contributed by atoms with Crippen molar-refractivity contribution >= 4 is 23.3 Å². The molecule has 3 heterocycles. The largest absolute Gasteiger partial charge is 0.497 e. The van der Waals surface area contributed by atoms with Crippen LogP contribution in [0.25, 0.3) is 11.8 Å². The molecule has 10 heteroatoms. The molecule has 0 fully saturated rings. The first-order valence-corrected chi connectivity index (χ1v) is 14.9. The number of benzene rings is 2. The molecular formula is C33H35FN4O4S. The van der Waals surface area contributed by atoms with Crippen LogP contribution in [0.1, 0.15) is 49.3 Å². The van der Waals surface area contributed by atoms with Gasteiger partial charge >= 0.3 is 0 Å². The summed E-state index contributed by atoms with van der Waals surface area (Å²) in [6.45, 7) is 10.6. The van der Waals surface area contributed by atoms with Crippen LogP contribution in [-0.4, -0.2) is 47.3 Å². The van der Waals surface area contributed by atoms with Crippen molar-refractivity contribution in [3.8, 4) is 17.2 Å². The molecule has 0 saturated carbocycles. The number of aryl methyl sites for hydroxylation is 1. The van der Waals surface area contributed by atoms with Crippen LogP contribution < -0.4 is 24.4 Å². The number of hydrogen-bond acceptors (Lipinski definition) is 6. The maximum atomic E-state index is 14.3. The van der Waals surface area contributed by atoms with Crippen LogP contribution in [-0.2, 0) is 4.79 Å². The smallest absolute Gasteiger partial charge is 0.271 e. The van der Waals surface area contributed by atoms with Crippen LogP contribution >= 0.6 is 11.3 Å². The highest BCUT2D eigenvalue weighted by Crippen LogP contribution is 2.38. The lowest BCUT2D eigenvalue weighted by Crippen LogP contribution is -2.43. The average molecular weight is 603 g/mol. The van der Waals surface area contributed by atoms with E-state index in [4.69, 9.17) is 14.5 Å². The standard InChI is InChI=1S/C33H35FN4O4S/c1-8-36(9-2)32(40)29-20(4)35-33-38(30(29)26-18-25(41-6)14-15-27(26)42-7)31(39)28(43-33)17-22-16-19(3)37(21(22)5)24-12-10-23(34)11-13-24/h10-18,30H,8-9H2,1-7H3/b28-17+/t30-/m1/s1. The summed E-state index contributed by atoms with van der Waals surface area (Å²) < 4.78 is 28.9. The number of aromatic nitrogens is 2. The summed E-state index contributed by atoms with van der Waals surface area (Å²) in [5, 5.41) is 0. The molecule has 1 aliphatic rings. The van der Waals surface area contributed by atoms with Crippen molar-refractivity contribution in [2.75, 3.05) is 27.3 Å². The fourth-order valence-electron chi connectivity index (χ4n) is 5.69. The molecule has 1 atom stereocenters. The fraction of sp³-hybridized carbons (Fsp3) is 0.303. The van der Waals surface area contributed by atoms with Gasteiger partial charge in [-0.05, 0) is 94.8 Å². The number of nitrogens with zero attached hydrogens (tertiary/aromatic N) is 4. The Labute approximate surface area is 253 Å². The van der Waals surface area contributed by atoms with E-state index < -0.39 is 6.04 Å². The van der Waals surface area contributed by atoms with Crippen LogP contribution in [0.4, 0.5) is 4.39 Å². The molecule has 2 aromatic carbocycles. The normalized spacial score (nSPS) is 14.9. The molecule has 0 aliphatic carbocycles. The van der Waals surface area contributed by atoms with E-state index in [9.17, 15) is 14.0 Å². The summed E-state index contributed by atoms with van der Waals surface area (Å²) in [5.74, 6) is 0.625. The van der Waals surface area contributed by atoms with Crippen LogP contribution in [0.2, 0.25) is 0 Å². The second-order valence-electron chi connectivity index (χ2n) is 10.3. The highest BCUT2D eigenvalue weighted by atomic mass is 32.1. The number of ether oxygens (including phenoxy) is 2. The van der Waals surface area contributed by atoms with Gasteiger partial charge in [0.15, 0.2) is 4.80 Å². The van der Waals surface area contributed by atoms with E-state index >= 15 is 0 Å². The number of carbonyl (C=O) groups excluding carboxylic acids is 1. The van der Waals surface area contributed by atoms with Gasteiger partial charge in [0.1, 0.15) is 23.4 Å². The monoisotopic (exact) mass is 602 g/mol. The van der Waals surface area contributed by atoms with Gasteiger partial charge < -0.3 is 18.9 Å². The van der Waals surface area contributed by atoms with E-state index in [0.29, 0.717) is 50.8 Å². The number of likely N-dealkylation sites (N-methyl/N-ethyl adjacent to an activating group) is 1. The number of fused-ring (bicyclic) bond motifs is 1. The van der Waals surface area contributed by atoms with Crippen molar-refractivity contribution in [1.82, 2.24) is 14.0 Å². The van der Waals surface area contributed by atoms with Crippen LogP contribution in [0.3, 0.4) is 0 Å². The third-order valence-corrected chi connectivity index (χ3v) is 8.86. The van der Waals surface area contributed by atoms with E-state index in [1.165, 1.54) is 23.5 Å². The third kappa shape index (κ3) is 5.31. The molecule has 0 unspecified atom stereocenters. The summed E-state index contributed by atoms with van der Waals surface area (Å²) in [4.78, 5) is 35.2. The van der Waals surface area contributed by atoms with Crippen LogP contribution in [0.5, 0.6) is 11.5 Å². The Morgan fingerprint density at radius 1 is 1.05 bits per heavy atom. The Morgan fingerprint density at radius 3 is 2.37 bits per heavy atom. The zero-order chi connectivity index (χ0) is 31.0. The predicted molar refractivity (Wildman–Crippen MR) is 166 cm³/mol. The first-order valence-electron chi connectivity index (χ1n) is 14.1. The van der Waals surface area contributed by atoms with E-state index in [0.717, 1.165) is 22.6 Å². The minimum atomic E-state index is -0.775.